The molecule has 1 amide bonds. The first-order chi connectivity index (χ1) is 18.6. The number of halogens is 2. The van der Waals surface area contributed by atoms with Gasteiger partial charge in [-0.15, -0.1) is 0 Å². The molecule has 0 aromatic heterocycles. The summed E-state index contributed by atoms with van der Waals surface area (Å²) in [6.45, 7) is 7.85. The van der Waals surface area contributed by atoms with Gasteiger partial charge in [-0.3, -0.25) is 10.2 Å². The lowest BCUT2D eigenvalue weighted by Gasteiger charge is -2.44. The second-order valence-electron chi connectivity index (χ2n) is 10.9. The number of nitrogens with one attached hydrogen (secondary N) is 1. The highest BCUT2D eigenvalue weighted by molar-refractivity contribution is 5.85. The molecule has 2 aromatic carbocycles. The van der Waals surface area contributed by atoms with E-state index in [9.17, 15) is 13.6 Å². The van der Waals surface area contributed by atoms with Crippen LogP contribution >= 0.6 is 0 Å². The van der Waals surface area contributed by atoms with Crippen LogP contribution in [0.4, 0.5) is 8.78 Å². The maximum atomic E-state index is 14.4. The van der Waals surface area contributed by atoms with E-state index in [1.165, 1.54) is 12.1 Å². The number of hydrazine groups is 1. The van der Waals surface area contributed by atoms with Gasteiger partial charge < -0.3 is 23.7 Å². The van der Waals surface area contributed by atoms with Crippen LogP contribution in [0.5, 0.6) is 0 Å². The first-order valence-electron chi connectivity index (χ1n) is 13.4. The summed E-state index contributed by atoms with van der Waals surface area (Å²) in [5.74, 6) is -2.55. The van der Waals surface area contributed by atoms with Gasteiger partial charge in [0.1, 0.15) is 17.7 Å². The van der Waals surface area contributed by atoms with Crippen molar-refractivity contribution in [1.29, 1.82) is 0 Å². The molecule has 1 saturated carbocycles. The lowest BCUT2D eigenvalue weighted by atomic mass is 9.78. The fraction of sp³-hybridized carbons (Fsp3) is 0.552. The zero-order valence-corrected chi connectivity index (χ0v) is 22.6. The summed E-state index contributed by atoms with van der Waals surface area (Å²) in [5, 5.41) is 1.83. The van der Waals surface area contributed by atoms with Crippen LogP contribution < -0.4 is 5.43 Å². The van der Waals surface area contributed by atoms with Crippen LogP contribution in [0.2, 0.25) is 0 Å². The van der Waals surface area contributed by atoms with Crippen LogP contribution in [0.15, 0.2) is 42.5 Å². The topological polar surface area (TPSA) is 78.5 Å². The van der Waals surface area contributed by atoms with E-state index in [-0.39, 0.29) is 37.5 Å². The quantitative estimate of drug-likeness (QED) is 0.540. The van der Waals surface area contributed by atoms with E-state index in [1.54, 1.807) is 0 Å². The van der Waals surface area contributed by atoms with Crippen molar-refractivity contribution in [1.82, 2.24) is 10.4 Å². The minimum atomic E-state index is -1.31. The minimum Gasteiger partial charge on any atom is -0.379 e. The molecule has 5 rings (SSSR count). The number of aryl methyl sites for hydroxylation is 1. The third-order valence-electron chi connectivity index (χ3n) is 7.40. The van der Waals surface area contributed by atoms with E-state index in [2.05, 4.69) is 5.43 Å². The van der Waals surface area contributed by atoms with E-state index in [4.69, 9.17) is 23.7 Å². The number of ether oxygens (including phenoxy) is 5. The van der Waals surface area contributed by atoms with E-state index in [0.29, 0.717) is 26.3 Å². The first-order valence-corrected chi connectivity index (χ1v) is 13.4. The predicted molar refractivity (Wildman–Crippen MR) is 137 cm³/mol. The van der Waals surface area contributed by atoms with Gasteiger partial charge in [-0.1, -0.05) is 35.9 Å². The normalized spacial score (nSPS) is 28.7. The van der Waals surface area contributed by atoms with E-state index >= 15 is 0 Å². The van der Waals surface area contributed by atoms with Gasteiger partial charge >= 0.3 is 0 Å². The lowest BCUT2D eigenvalue weighted by molar-refractivity contribution is -0.187. The van der Waals surface area contributed by atoms with E-state index < -0.39 is 41.3 Å². The van der Waals surface area contributed by atoms with Gasteiger partial charge in [0.15, 0.2) is 11.4 Å². The van der Waals surface area contributed by atoms with Crippen molar-refractivity contribution < 1.29 is 37.3 Å². The highest BCUT2D eigenvalue weighted by Crippen LogP contribution is 2.44. The molecule has 3 aliphatic rings. The average molecular weight is 547 g/mol. The number of benzene rings is 2. The van der Waals surface area contributed by atoms with Gasteiger partial charge in [-0.25, -0.2) is 13.8 Å². The smallest absolute Gasteiger partial charge is 0.266 e. The summed E-state index contributed by atoms with van der Waals surface area (Å²) in [6.07, 6.45) is -1.21. The summed E-state index contributed by atoms with van der Waals surface area (Å²) >= 11 is 0. The van der Waals surface area contributed by atoms with E-state index in [1.807, 2.05) is 50.0 Å². The molecule has 10 heteroatoms. The molecule has 0 radical (unpaired) electrons. The van der Waals surface area contributed by atoms with Crippen LogP contribution in [-0.4, -0.2) is 66.9 Å². The Morgan fingerprint density at radius 2 is 1.87 bits per heavy atom. The molecule has 2 saturated heterocycles. The molecule has 1 aliphatic carbocycles. The van der Waals surface area contributed by atoms with Gasteiger partial charge in [0.2, 0.25) is 0 Å². The van der Waals surface area contributed by atoms with Crippen LogP contribution in [0.3, 0.4) is 0 Å². The molecular formula is C29H36F2N2O6. The number of hydrogen-bond donors (Lipinski definition) is 1. The Labute approximate surface area is 227 Å². The summed E-state index contributed by atoms with van der Waals surface area (Å²) in [4.78, 5) is 14.0. The Balaban J connectivity index is 1.42. The predicted octanol–water partition coefficient (Wildman–Crippen LogP) is 3.79. The molecule has 39 heavy (non-hydrogen) atoms. The number of rotatable bonds is 8. The standard InChI is InChI=1S/C29H36F2N2O6/c1-19-5-4-6-20(13-19)17-37-29(27(34)32-33-9-11-35-12-10-33)15-24(26-25(16-29)38-28(2,3)39-26)36-18-21-7-8-22(30)14-23(21)31/h4-8,13-14,24-26H,9-12,15-18H2,1-3H3,(H,32,34)/t24?,25-,26+,29-/m1/s1. The number of carbonyl (C=O) groups is 1. The van der Waals surface area contributed by atoms with Gasteiger partial charge in [0.05, 0.1) is 38.6 Å². The SMILES string of the molecule is Cc1cccc(CO[C@]2(C(=O)NN3CCOCC3)CC(OCc3ccc(F)cc3F)[C@@H]3OC(C)(C)O[C@@H]3C2)c1. The van der Waals surface area contributed by atoms with Crippen molar-refractivity contribution in [3.05, 3.63) is 70.8 Å². The van der Waals surface area contributed by atoms with Crippen LogP contribution in [0.1, 0.15) is 43.4 Å². The molecule has 0 bridgehead atoms. The van der Waals surface area contributed by atoms with Crippen LogP contribution in [-0.2, 0) is 41.7 Å². The van der Waals surface area contributed by atoms with Gasteiger partial charge in [0, 0.05) is 37.6 Å². The molecule has 3 fully saturated rings. The summed E-state index contributed by atoms with van der Waals surface area (Å²) in [7, 11) is 0. The van der Waals surface area contributed by atoms with Crippen molar-refractivity contribution in [2.75, 3.05) is 26.3 Å². The zero-order chi connectivity index (χ0) is 27.6. The largest absolute Gasteiger partial charge is 0.379 e. The molecule has 212 valence electrons. The fourth-order valence-corrected chi connectivity index (χ4v) is 5.49. The summed E-state index contributed by atoms with van der Waals surface area (Å²) in [6, 6.07) is 11.3. The minimum absolute atomic E-state index is 0.122. The van der Waals surface area contributed by atoms with Crippen molar-refractivity contribution in [2.45, 2.75) is 76.5 Å². The number of morpholine rings is 1. The van der Waals surface area contributed by atoms with Crippen LogP contribution in [0, 0.1) is 18.6 Å². The molecular weight excluding hydrogens is 510 g/mol. The number of hydrogen-bond acceptors (Lipinski definition) is 7. The second kappa shape index (κ2) is 11.6. The first kappa shape index (κ1) is 28.1. The molecule has 1 N–H and O–H groups in total. The van der Waals surface area contributed by atoms with Gasteiger partial charge in [-0.05, 0) is 32.4 Å². The maximum absolute atomic E-state index is 14.4. The number of carbonyl (C=O) groups excluding carboxylic acids is 1. The van der Waals surface area contributed by atoms with Crippen molar-refractivity contribution in [2.24, 2.45) is 0 Å². The molecule has 2 aliphatic heterocycles. The zero-order valence-electron chi connectivity index (χ0n) is 22.6. The molecule has 2 heterocycles. The van der Waals surface area contributed by atoms with Gasteiger partial charge in [0.25, 0.3) is 5.91 Å². The Bertz CT molecular complexity index is 1170. The van der Waals surface area contributed by atoms with Crippen molar-refractivity contribution >= 4 is 5.91 Å². The molecule has 2 aromatic rings. The lowest BCUT2D eigenvalue weighted by Crippen LogP contribution is -2.63. The number of nitrogens with zero attached hydrogens (tertiary/aromatic N) is 1. The Morgan fingerprint density at radius 1 is 1.08 bits per heavy atom. The highest BCUT2D eigenvalue weighted by Gasteiger charge is 2.58. The number of amides is 1. The summed E-state index contributed by atoms with van der Waals surface area (Å²) < 4.78 is 58.4. The Kier molecular flexibility index (Phi) is 8.32. The van der Waals surface area contributed by atoms with Crippen LogP contribution in [0.25, 0.3) is 0 Å². The maximum Gasteiger partial charge on any atom is 0.266 e. The number of fused-ring (bicyclic) bond motifs is 1. The van der Waals surface area contributed by atoms with Crippen molar-refractivity contribution in [3.63, 3.8) is 0 Å². The van der Waals surface area contributed by atoms with E-state index in [0.717, 1.165) is 17.2 Å². The molecule has 0 spiro atoms. The summed E-state index contributed by atoms with van der Waals surface area (Å²) in [5.41, 5.74) is 3.95. The highest BCUT2D eigenvalue weighted by atomic mass is 19.1. The second-order valence-corrected chi connectivity index (χ2v) is 10.9. The monoisotopic (exact) mass is 546 g/mol. The molecule has 8 nitrogen and oxygen atoms in total. The Morgan fingerprint density at radius 3 is 2.62 bits per heavy atom. The Hall–Kier alpha value is -2.47. The van der Waals surface area contributed by atoms with Crippen molar-refractivity contribution in [3.8, 4) is 0 Å². The fourth-order valence-electron chi connectivity index (χ4n) is 5.49. The third-order valence-corrected chi connectivity index (χ3v) is 7.40. The molecule has 1 unspecified atom stereocenters. The van der Waals surface area contributed by atoms with Gasteiger partial charge in [-0.2, -0.15) is 0 Å². The molecule has 4 atom stereocenters. The third kappa shape index (κ3) is 6.65. The average Bonchev–Trinajstić information content (AvgIpc) is 3.21.